The molecule has 2 heterocycles. The Hall–Kier alpha value is -2.60. The summed E-state index contributed by atoms with van der Waals surface area (Å²) in [5, 5.41) is 4.59. The monoisotopic (exact) mass is 359 g/mol. The molecule has 1 unspecified atom stereocenters. The van der Waals surface area contributed by atoms with E-state index in [4.69, 9.17) is 0 Å². The molecule has 0 saturated carbocycles. The lowest BCUT2D eigenvalue weighted by Gasteiger charge is -2.24. The third kappa shape index (κ3) is 2.72. The Morgan fingerprint density at radius 3 is 2.68 bits per heavy atom. The molecule has 2 nitrogen and oxygen atoms in total. The van der Waals surface area contributed by atoms with Gasteiger partial charge in [-0.3, -0.25) is 4.79 Å². The smallest absolute Gasteiger partial charge is 0.225 e. The van der Waals surface area contributed by atoms with Gasteiger partial charge in [-0.05, 0) is 29.3 Å². The summed E-state index contributed by atoms with van der Waals surface area (Å²) in [5.74, 6) is -3.10. The van der Waals surface area contributed by atoms with Crippen LogP contribution in [0.25, 0.3) is 11.1 Å². The molecule has 126 valence electrons. The molecule has 1 amide bonds. The van der Waals surface area contributed by atoms with Crippen molar-refractivity contribution in [1.82, 2.24) is 0 Å². The first kappa shape index (κ1) is 15.9. The molecule has 0 fully saturated rings. The number of rotatable bonds is 2. The van der Waals surface area contributed by atoms with Gasteiger partial charge in [-0.2, -0.15) is 0 Å². The Labute approximate surface area is 145 Å². The van der Waals surface area contributed by atoms with Crippen LogP contribution in [0.1, 0.15) is 22.8 Å². The molecule has 3 aromatic rings. The second kappa shape index (κ2) is 6.04. The highest BCUT2D eigenvalue weighted by molar-refractivity contribution is 7.11. The maximum absolute atomic E-state index is 14.2. The maximum atomic E-state index is 14.2. The van der Waals surface area contributed by atoms with Crippen molar-refractivity contribution in [3.63, 3.8) is 0 Å². The number of nitrogens with one attached hydrogen (secondary N) is 1. The van der Waals surface area contributed by atoms with Gasteiger partial charge < -0.3 is 5.32 Å². The number of fused-ring (bicyclic) bond motifs is 1. The molecule has 4 rings (SSSR count). The second-order valence-corrected chi connectivity index (χ2v) is 6.76. The maximum Gasteiger partial charge on any atom is 0.225 e. The number of hydrogen-bond donors (Lipinski definition) is 1. The van der Waals surface area contributed by atoms with Crippen LogP contribution >= 0.6 is 11.3 Å². The standard InChI is InChI=1S/C19H12F3NOS/c20-11-4-1-3-10(7-11)14-9-25-19-13(8-16(24)23-18(14)19)12-5-2-6-15(21)17(12)22/h1-7,9,13H,8H2,(H,23,24). The Kier molecular flexibility index (Phi) is 3.84. The minimum absolute atomic E-state index is 0.0382. The summed E-state index contributed by atoms with van der Waals surface area (Å²) in [5.41, 5.74) is 2.00. The van der Waals surface area contributed by atoms with Crippen molar-refractivity contribution in [1.29, 1.82) is 0 Å². The first-order valence-corrected chi connectivity index (χ1v) is 8.53. The topological polar surface area (TPSA) is 29.1 Å². The lowest BCUT2D eigenvalue weighted by Crippen LogP contribution is -2.23. The zero-order valence-corrected chi connectivity index (χ0v) is 13.7. The van der Waals surface area contributed by atoms with E-state index in [-0.39, 0.29) is 23.7 Å². The number of halogens is 3. The Bertz CT molecular complexity index is 983. The molecule has 1 atom stereocenters. The van der Waals surface area contributed by atoms with Gasteiger partial charge in [0.05, 0.1) is 5.69 Å². The molecule has 25 heavy (non-hydrogen) atoms. The molecular weight excluding hydrogens is 347 g/mol. The molecule has 0 spiro atoms. The summed E-state index contributed by atoms with van der Waals surface area (Å²) in [6.07, 6.45) is 0.0382. The minimum atomic E-state index is -0.938. The van der Waals surface area contributed by atoms with Crippen LogP contribution in [-0.2, 0) is 4.79 Å². The average molecular weight is 359 g/mol. The summed E-state index contributed by atoms with van der Waals surface area (Å²) in [7, 11) is 0. The van der Waals surface area contributed by atoms with E-state index in [0.717, 1.165) is 10.9 Å². The summed E-state index contributed by atoms with van der Waals surface area (Å²) in [6.45, 7) is 0. The van der Waals surface area contributed by atoms with Crippen molar-refractivity contribution in [3.8, 4) is 11.1 Å². The molecule has 0 saturated heterocycles. The second-order valence-electron chi connectivity index (χ2n) is 5.85. The van der Waals surface area contributed by atoms with Crippen LogP contribution in [0, 0.1) is 17.5 Å². The van der Waals surface area contributed by atoms with Gasteiger partial charge in [0.2, 0.25) is 5.91 Å². The molecule has 0 bridgehead atoms. The highest BCUT2D eigenvalue weighted by Crippen LogP contribution is 2.47. The van der Waals surface area contributed by atoms with E-state index in [0.29, 0.717) is 16.8 Å². The zero-order chi connectivity index (χ0) is 17.6. The molecule has 1 aromatic heterocycles. The number of carbonyl (C=O) groups excluding carboxylic acids is 1. The van der Waals surface area contributed by atoms with Gasteiger partial charge in [0.25, 0.3) is 0 Å². The number of benzene rings is 2. The van der Waals surface area contributed by atoms with Crippen LogP contribution in [0.4, 0.5) is 18.9 Å². The number of anilines is 1. The molecule has 0 aliphatic carbocycles. The predicted octanol–water partition coefficient (Wildman–Crippen LogP) is 5.31. The molecule has 0 radical (unpaired) electrons. The molecule has 6 heteroatoms. The van der Waals surface area contributed by atoms with Crippen molar-refractivity contribution in [2.75, 3.05) is 5.32 Å². The summed E-state index contributed by atoms with van der Waals surface area (Å²) < 4.78 is 41.4. The summed E-state index contributed by atoms with van der Waals surface area (Å²) in [4.78, 5) is 12.9. The lowest BCUT2D eigenvalue weighted by atomic mass is 9.88. The Balaban J connectivity index is 1.86. The third-order valence-corrected chi connectivity index (χ3v) is 5.38. The predicted molar refractivity (Wildman–Crippen MR) is 91.2 cm³/mol. The summed E-state index contributed by atoms with van der Waals surface area (Å²) >= 11 is 1.35. The zero-order valence-electron chi connectivity index (χ0n) is 12.9. The van der Waals surface area contributed by atoms with Gasteiger partial charge in [-0.15, -0.1) is 11.3 Å². The SMILES string of the molecule is O=C1CC(c2cccc(F)c2F)c2scc(-c3cccc(F)c3)c2N1. The van der Waals surface area contributed by atoms with Crippen LogP contribution in [0.3, 0.4) is 0 Å². The van der Waals surface area contributed by atoms with Gasteiger partial charge in [-0.1, -0.05) is 24.3 Å². The first-order chi connectivity index (χ1) is 12.0. The number of thiophene rings is 1. The van der Waals surface area contributed by atoms with Crippen LogP contribution in [-0.4, -0.2) is 5.91 Å². The molecule has 1 N–H and O–H groups in total. The van der Waals surface area contributed by atoms with Crippen molar-refractivity contribution in [3.05, 3.63) is 75.7 Å². The van der Waals surface area contributed by atoms with Gasteiger partial charge in [0.15, 0.2) is 11.6 Å². The van der Waals surface area contributed by atoms with Crippen LogP contribution < -0.4 is 5.32 Å². The van der Waals surface area contributed by atoms with E-state index in [9.17, 15) is 18.0 Å². The molecule has 1 aliphatic rings. The van der Waals surface area contributed by atoms with E-state index in [1.165, 1.54) is 35.6 Å². The van der Waals surface area contributed by atoms with Crippen LogP contribution in [0.2, 0.25) is 0 Å². The normalized spacial score (nSPS) is 16.4. The summed E-state index contributed by atoms with van der Waals surface area (Å²) in [6, 6.07) is 10.0. The van der Waals surface area contributed by atoms with Gasteiger partial charge in [0.1, 0.15) is 5.82 Å². The van der Waals surface area contributed by atoms with Crippen molar-refractivity contribution in [2.45, 2.75) is 12.3 Å². The Morgan fingerprint density at radius 2 is 1.88 bits per heavy atom. The number of carbonyl (C=O) groups is 1. The van der Waals surface area contributed by atoms with Crippen molar-refractivity contribution >= 4 is 22.9 Å². The van der Waals surface area contributed by atoms with E-state index >= 15 is 0 Å². The van der Waals surface area contributed by atoms with E-state index < -0.39 is 17.6 Å². The third-order valence-electron chi connectivity index (χ3n) is 4.28. The van der Waals surface area contributed by atoms with Crippen molar-refractivity contribution in [2.24, 2.45) is 0 Å². The first-order valence-electron chi connectivity index (χ1n) is 7.65. The molecule has 2 aromatic carbocycles. The lowest BCUT2D eigenvalue weighted by molar-refractivity contribution is -0.116. The highest BCUT2D eigenvalue weighted by atomic mass is 32.1. The molecular formula is C19H12F3NOS. The fourth-order valence-electron chi connectivity index (χ4n) is 3.14. The number of hydrogen-bond acceptors (Lipinski definition) is 2. The van der Waals surface area contributed by atoms with Crippen LogP contribution in [0.5, 0.6) is 0 Å². The largest absolute Gasteiger partial charge is 0.325 e. The quantitative estimate of drug-likeness (QED) is 0.660. The molecule has 1 aliphatic heterocycles. The van der Waals surface area contributed by atoms with Gasteiger partial charge in [0, 0.05) is 28.2 Å². The average Bonchev–Trinajstić information content (AvgIpc) is 3.00. The fraction of sp³-hybridized carbons (Fsp3) is 0.105. The van der Waals surface area contributed by atoms with Gasteiger partial charge >= 0.3 is 0 Å². The van der Waals surface area contributed by atoms with E-state index in [1.807, 2.05) is 0 Å². The fourth-order valence-corrected chi connectivity index (χ4v) is 4.29. The van der Waals surface area contributed by atoms with E-state index in [2.05, 4.69) is 5.32 Å². The minimum Gasteiger partial charge on any atom is -0.325 e. The van der Waals surface area contributed by atoms with Crippen LogP contribution in [0.15, 0.2) is 47.8 Å². The number of amides is 1. The van der Waals surface area contributed by atoms with E-state index in [1.54, 1.807) is 17.5 Å². The van der Waals surface area contributed by atoms with Crippen molar-refractivity contribution < 1.29 is 18.0 Å². The Morgan fingerprint density at radius 1 is 1.08 bits per heavy atom. The van der Waals surface area contributed by atoms with Gasteiger partial charge in [-0.25, -0.2) is 13.2 Å². The highest BCUT2D eigenvalue weighted by Gasteiger charge is 2.32.